The topological polar surface area (TPSA) is 125 Å². The molecule has 0 radical (unpaired) electrons. The van der Waals surface area contributed by atoms with E-state index >= 15 is 0 Å². The van der Waals surface area contributed by atoms with Crippen LogP contribution in [0.3, 0.4) is 0 Å². The molecule has 0 aliphatic carbocycles. The normalized spacial score (nSPS) is 13.5. The van der Waals surface area contributed by atoms with Gasteiger partial charge < -0.3 is 20.2 Å². The number of aryl methyl sites for hydroxylation is 1. The number of sulfonamides is 1. The van der Waals surface area contributed by atoms with Crippen molar-refractivity contribution >= 4 is 49.0 Å². The summed E-state index contributed by atoms with van der Waals surface area (Å²) < 4.78 is 35.5. The molecule has 0 fully saturated rings. The van der Waals surface area contributed by atoms with Crippen LogP contribution in [0.15, 0.2) is 80.5 Å². The number of fused-ring (bicyclic) bond motifs is 1. The summed E-state index contributed by atoms with van der Waals surface area (Å²) in [4.78, 5) is 17.6. The van der Waals surface area contributed by atoms with Crippen LogP contribution in [-0.4, -0.2) is 61.0 Å². The number of aliphatic hydroxyl groups is 1. The van der Waals surface area contributed by atoms with E-state index in [-0.39, 0.29) is 35.8 Å². The van der Waals surface area contributed by atoms with Crippen molar-refractivity contribution in [3.63, 3.8) is 0 Å². The van der Waals surface area contributed by atoms with Crippen molar-refractivity contribution in [3.8, 4) is 0 Å². The van der Waals surface area contributed by atoms with Gasteiger partial charge in [0.2, 0.25) is 10.0 Å². The molecule has 0 aliphatic rings. The zero-order valence-electron chi connectivity index (χ0n) is 23.5. The molecule has 0 spiro atoms. The lowest BCUT2D eigenvalue weighted by Gasteiger charge is -2.31. The molecule has 2 unspecified atom stereocenters. The van der Waals surface area contributed by atoms with E-state index in [2.05, 4.69) is 31.5 Å². The molecule has 41 heavy (non-hydrogen) atoms. The summed E-state index contributed by atoms with van der Waals surface area (Å²) in [5.74, 6) is -0.362. The maximum atomic E-state index is 13.9. The molecule has 1 heterocycles. The van der Waals surface area contributed by atoms with E-state index < -0.39 is 22.2 Å². The van der Waals surface area contributed by atoms with Crippen molar-refractivity contribution in [2.24, 2.45) is 5.92 Å². The summed E-state index contributed by atoms with van der Waals surface area (Å²) in [6.07, 6.45) is -0.885. The lowest BCUT2D eigenvalue weighted by atomic mass is 9.99. The zero-order valence-corrected chi connectivity index (χ0v) is 25.9. The van der Waals surface area contributed by atoms with Gasteiger partial charge in [0, 0.05) is 36.2 Å². The van der Waals surface area contributed by atoms with Crippen LogP contribution in [-0.2, 0) is 16.4 Å². The third kappa shape index (κ3) is 7.53. The molecule has 0 bridgehead atoms. The Morgan fingerprint density at radius 1 is 1.07 bits per heavy atom. The van der Waals surface area contributed by atoms with Gasteiger partial charge in [-0.25, -0.2) is 8.42 Å². The maximum absolute atomic E-state index is 13.9. The number of carbonyl (C=O) groups excluding carboxylic acids is 1. The molecular weight excluding hydrogens is 608 g/mol. The van der Waals surface area contributed by atoms with E-state index in [9.17, 15) is 18.3 Å². The van der Waals surface area contributed by atoms with Crippen LogP contribution in [0.1, 0.15) is 35.3 Å². The first-order chi connectivity index (χ1) is 19.5. The van der Waals surface area contributed by atoms with Crippen LogP contribution < -0.4 is 10.6 Å². The number of carbonyl (C=O) groups is 1. The van der Waals surface area contributed by atoms with Crippen molar-refractivity contribution < 1.29 is 22.7 Å². The average Bonchev–Trinajstić information content (AvgIpc) is 3.35. The monoisotopic (exact) mass is 642 g/mol. The predicted octanol–water partition coefficient (Wildman–Crippen LogP) is 4.99. The SMILES string of the molecule is CNc1nc2ccc(S(=O)(=O)N(CC(C)C)CC(O)C(Cc3ccccc3)NC(=O)c3ccc(Br)cc3C)cc2o1. The van der Waals surface area contributed by atoms with Gasteiger partial charge in [-0.3, -0.25) is 4.79 Å². The number of nitrogens with one attached hydrogen (secondary N) is 2. The zero-order chi connectivity index (χ0) is 29.7. The van der Waals surface area contributed by atoms with Gasteiger partial charge in [-0.2, -0.15) is 9.29 Å². The number of nitrogens with zero attached hydrogens (tertiary/aromatic N) is 2. The number of hydrogen-bond acceptors (Lipinski definition) is 7. The molecule has 9 nitrogen and oxygen atoms in total. The Morgan fingerprint density at radius 2 is 1.80 bits per heavy atom. The van der Waals surface area contributed by atoms with Crippen LogP contribution in [0.2, 0.25) is 0 Å². The van der Waals surface area contributed by atoms with Gasteiger partial charge in [-0.15, -0.1) is 0 Å². The summed E-state index contributed by atoms with van der Waals surface area (Å²) in [5.41, 5.74) is 3.01. The first kappa shape index (κ1) is 30.7. The van der Waals surface area contributed by atoms with E-state index in [1.54, 1.807) is 25.2 Å². The van der Waals surface area contributed by atoms with E-state index in [4.69, 9.17) is 4.42 Å². The minimum Gasteiger partial charge on any atom is -0.424 e. The minimum atomic E-state index is -4.03. The third-order valence-corrected chi connectivity index (χ3v) is 9.00. The van der Waals surface area contributed by atoms with Gasteiger partial charge in [0.25, 0.3) is 11.9 Å². The fraction of sp³-hybridized carbons (Fsp3) is 0.333. The molecule has 0 saturated carbocycles. The maximum Gasteiger partial charge on any atom is 0.295 e. The molecule has 1 aromatic heterocycles. The average molecular weight is 644 g/mol. The van der Waals surface area contributed by atoms with Crippen LogP contribution >= 0.6 is 15.9 Å². The number of oxazole rings is 1. The lowest BCUT2D eigenvalue weighted by molar-refractivity contribution is 0.0775. The second-order valence-electron chi connectivity index (χ2n) is 10.4. The number of rotatable bonds is 12. The summed E-state index contributed by atoms with van der Waals surface area (Å²) >= 11 is 3.42. The molecule has 0 aliphatic heterocycles. The Bertz CT molecular complexity index is 1610. The first-order valence-electron chi connectivity index (χ1n) is 13.4. The largest absolute Gasteiger partial charge is 0.424 e. The summed E-state index contributed by atoms with van der Waals surface area (Å²) in [6, 6.07) is 18.9. The Balaban J connectivity index is 1.63. The molecule has 3 aromatic carbocycles. The molecule has 4 aromatic rings. The van der Waals surface area contributed by atoms with Crippen molar-refractivity contribution in [2.75, 3.05) is 25.5 Å². The number of aromatic nitrogens is 1. The van der Waals surface area contributed by atoms with Gasteiger partial charge >= 0.3 is 0 Å². The first-order valence-corrected chi connectivity index (χ1v) is 15.6. The molecular formula is C30H35BrN4O5S. The molecule has 1 amide bonds. The number of halogens is 1. The summed E-state index contributed by atoms with van der Waals surface area (Å²) in [7, 11) is -2.37. The van der Waals surface area contributed by atoms with Crippen molar-refractivity contribution in [1.29, 1.82) is 0 Å². The highest BCUT2D eigenvalue weighted by Crippen LogP contribution is 2.25. The number of amides is 1. The standard InChI is InChI=1S/C30H35BrN4O5S/c1-19(2)17-35(41(38,39)23-11-13-25-28(16-23)40-30(32-4)34-25)18-27(36)26(15-21-8-6-5-7-9-21)33-29(37)24-12-10-22(31)14-20(24)3/h5-14,16,19,26-27,36H,15,17-18H2,1-4H3,(H,32,34)(H,33,37). The van der Waals surface area contributed by atoms with Crippen LogP contribution in [0, 0.1) is 12.8 Å². The van der Waals surface area contributed by atoms with Crippen molar-refractivity contribution in [3.05, 3.63) is 87.9 Å². The van der Waals surface area contributed by atoms with E-state index in [0.29, 0.717) is 23.1 Å². The summed E-state index contributed by atoms with van der Waals surface area (Å²) in [6.45, 7) is 5.62. The van der Waals surface area contributed by atoms with Crippen molar-refractivity contribution in [2.45, 2.75) is 44.2 Å². The van der Waals surface area contributed by atoms with Gasteiger partial charge in [0.05, 0.1) is 17.0 Å². The van der Waals surface area contributed by atoms with Crippen LogP contribution in [0.5, 0.6) is 0 Å². The number of hydrogen-bond donors (Lipinski definition) is 3. The Kier molecular flexibility index (Phi) is 9.85. The van der Waals surface area contributed by atoms with Gasteiger partial charge in [0.1, 0.15) is 5.52 Å². The van der Waals surface area contributed by atoms with Crippen LogP contribution in [0.25, 0.3) is 11.1 Å². The fourth-order valence-corrected chi connectivity index (χ4v) is 6.73. The Morgan fingerprint density at radius 3 is 2.46 bits per heavy atom. The highest BCUT2D eigenvalue weighted by molar-refractivity contribution is 9.10. The molecule has 3 N–H and O–H groups in total. The molecule has 11 heteroatoms. The Labute approximate surface area is 249 Å². The van der Waals surface area contributed by atoms with Crippen molar-refractivity contribution in [1.82, 2.24) is 14.6 Å². The van der Waals surface area contributed by atoms with Crippen LogP contribution in [0.4, 0.5) is 6.01 Å². The van der Waals surface area contributed by atoms with Gasteiger partial charge in [-0.05, 0) is 60.7 Å². The van der Waals surface area contributed by atoms with E-state index in [1.807, 2.05) is 57.2 Å². The Hall–Kier alpha value is -3.25. The smallest absolute Gasteiger partial charge is 0.295 e. The van der Waals surface area contributed by atoms with E-state index in [1.165, 1.54) is 16.4 Å². The van der Waals surface area contributed by atoms with Gasteiger partial charge in [0.15, 0.2) is 5.58 Å². The molecule has 4 rings (SSSR count). The highest BCUT2D eigenvalue weighted by Gasteiger charge is 2.32. The highest BCUT2D eigenvalue weighted by atomic mass is 79.9. The fourth-order valence-electron chi connectivity index (χ4n) is 4.61. The molecule has 0 saturated heterocycles. The number of anilines is 1. The lowest BCUT2D eigenvalue weighted by Crippen LogP contribution is -2.51. The quantitative estimate of drug-likeness (QED) is 0.199. The minimum absolute atomic E-state index is 0.0190. The second kappa shape index (κ2) is 13.2. The number of benzene rings is 3. The molecule has 218 valence electrons. The third-order valence-electron chi connectivity index (χ3n) is 6.68. The number of aliphatic hydroxyl groups excluding tert-OH is 1. The predicted molar refractivity (Wildman–Crippen MR) is 163 cm³/mol. The van der Waals surface area contributed by atoms with E-state index in [0.717, 1.165) is 15.6 Å². The second-order valence-corrected chi connectivity index (χ2v) is 13.3. The summed E-state index contributed by atoms with van der Waals surface area (Å²) in [5, 5.41) is 17.3. The van der Waals surface area contributed by atoms with Gasteiger partial charge in [-0.1, -0.05) is 60.1 Å². The molecule has 2 atom stereocenters.